The normalized spacial score (nSPS) is 17.2. The lowest BCUT2D eigenvalue weighted by Crippen LogP contribution is -2.50. The fraction of sp³-hybridized carbons (Fsp3) is 0.385. The lowest BCUT2D eigenvalue weighted by molar-refractivity contribution is 0.0652. The van der Waals surface area contributed by atoms with Gasteiger partial charge in [-0.1, -0.05) is 17.3 Å². The van der Waals surface area contributed by atoms with Gasteiger partial charge in [0.1, 0.15) is 0 Å². The van der Waals surface area contributed by atoms with E-state index < -0.39 is 0 Å². The number of carbonyl (C=O) groups excluding carboxylic acids is 1. The van der Waals surface area contributed by atoms with Crippen LogP contribution < -0.4 is 5.73 Å². The number of nitrogens with two attached hydrogens (primary N) is 1. The van der Waals surface area contributed by atoms with Gasteiger partial charge in [-0.15, -0.1) is 0 Å². The molecule has 0 radical (unpaired) electrons. The summed E-state index contributed by atoms with van der Waals surface area (Å²) >= 11 is 3.40. The molecule has 1 fully saturated rings. The number of carbonyl (C=O) groups is 1. The quantitative estimate of drug-likeness (QED) is 0.371. The molecule has 20 heavy (non-hydrogen) atoms. The topological polar surface area (TPSA) is 82.2 Å². The minimum Gasteiger partial charge on any atom is -0.409 e. The van der Waals surface area contributed by atoms with Gasteiger partial charge in [-0.05, 0) is 28.1 Å². The van der Waals surface area contributed by atoms with Crippen molar-refractivity contribution in [2.45, 2.75) is 0 Å². The van der Waals surface area contributed by atoms with E-state index in [-0.39, 0.29) is 11.7 Å². The SMILES string of the molecule is NC(CN1CCN(C(=O)c2ccccc2Br)CC1)=NO. The smallest absolute Gasteiger partial charge is 0.255 e. The van der Waals surface area contributed by atoms with Gasteiger partial charge in [-0.25, -0.2) is 0 Å². The fourth-order valence-corrected chi connectivity index (χ4v) is 2.63. The van der Waals surface area contributed by atoms with E-state index in [1.54, 1.807) is 0 Å². The Morgan fingerprint density at radius 1 is 1.30 bits per heavy atom. The molecule has 1 heterocycles. The Morgan fingerprint density at radius 3 is 2.55 bits per heavy atom. The van der Waals surface area contributed by atoms with Crippen LogP contribution in [0.25, 0.3) is 0 Å². The molecule has 2 rings (SSSR count). The Kier molecular flexibility index (Phi) is 4.97. The Morgan fingerprint density at radius 2 is 1.95 bits per heavy atom. The highest BCUT2D eigenvalue weighted by Gasteiger charge is 2.23. The number of benzene rings is 1. The number of amidine groups is 1. The predicted octanol–water partition coefficient (Wildman–Crippen LogP) is 0.953. The van der Waals surface area contributed by atoms with Crippen LogP contribution in [0.4, 0.5) is 0 Å². The molecule has 0 bridgehead atoms. The van der Waals surface area contributed by atoms with Crippen molar-refractivity contribution in [2.75, 3.05) is 32.7 Å². The summed E-state index contributed by atoms with van der Waals surface area (Å²) in [5, 5.41) is 11.5. The first-order valence-electron chi connectivity index (χ1n) is 6.34. The highest BCUT2D eigenvalue weighted by molar-refractivity contribution is 9.10. The lowest BCUT2D eigenvalue weighted by atomic mass is 10.2. The first kappa shape index (κ1) is 14.8. The van der Waals surface area contributed by atoms with Gasteiger partial charge in [0.15, 0.2) is 5.84 Å². The van der Waals surface area contributed by atoms with E-state index in [0.717, 1.165) is 4.47 Å². The lowest BCUT2D eigenvalue weighted by Gasteiger charge is -2.34. The van der Waals surface area contributed by atoms with Crippen LogP contribution in [-0.2, 0) is 0 Å². The Bertz CT molecular complexity index is 513. The summed E-state index contributed by atoms with van der Waals surface area (Å²) in [6.45, 7) is 3.13. The van der Waals surface area contributed by atoms with Gasteiger partial charge in [0.25, 0.3) is 5.91 Å². The van der Waals surface area contributed by atoms with E-state index in [1.165, 1.54) is 0 Å². The molecule has 7 heteroatoms. The third-order valence-electron chi connectivity index (χ3n) is 3.28. The molecule has 0 spiro atoms. The Hall–Kier alpha value is -1.60. The van der Waals surface area contributed by atoms with Crippen molar-refractivity contribution in [2.24, 2.45) is 10.9 Å². The molecule has 1 amide bonds. The molecular formula is C13H17BrN4O2. The second kappa shape index (κ2) is 6.71. The molecule has 0 aliphatic carbocycles. The summed E-state index contributed by atoms with van der Waals surface area (Å²) in [6.07, 6.45) is 0. The average Bonchev–Trinajstić information content (AvgIpc) is 2.47. The predicted molar refractivity (Wildman–Crippen MR) is 79.9 cm³/mol. The molecule has 108 valence electrons. The third kappa shape index (κ3) is 3.49. The third-order valence-corrected chi connectivity index (χ3v) is 3.97. The van der Waals surface area contributed by atoms with Crippen LogP contribution in [0.3, 0.4) is 0 Å². The van der Waals surface area contributed by atoms with Crippen molar-refractivity contribution < 1.29 is 10.0 Å². The molecule has 0 aromatic heterocycles. The number of halogens is 1. The van der Waals surface area contributed by atoms with E-state index in [4.69, 9.17) is 10.9 Å². The van der Waals surface area contributed by atoms with Gasteiger partial charge in [0, 0.05) is 30.7 Å². The summed E-state index contributed by atoms with van der Waals surface area (Å²) in [5.74, 6) is 0.219. The Labute approximate surface area is 126 Å². The van der Waals surface area contributed by atoms with Gasteiger partial charge >= 0.3 is 0 Å². The van der Waals surface area contributed by atoms with Gasteiger partial charge in [0.2, 0.25) is 0 Å². The zero-order valence-corrected chi connectivity index (χ0v) is 12.6. The van der Waals surface area contributed by atoms with Crippen molar-refractivity contribution in [3.8, 4) is 0 Å². The van der Waals surface area contributed by atoms with Crippen LogP contribution in [0.1, 0.15) is 10.4 Å². The van der Waals surface area contributed by atoms with E-state index in [1.807, 2.05) is 29.2 Å². The second-order valence-electron chi connectivity index (χ2n) is 4.64. The number of piperazine rings is 1. The van der Waals surface area contributed by atoms with Crippen LogP contribution in [0.2, 0.25) is 0 Å². The van der Waals surface area contributed by atoms with Gasteiger partial charge in [-0.3, -0.25) is 9.69 Å². The van der Waals surface area contributed by atoms with Gasteiger partial charge in [0.05, 0.1) is 12.1 Å². The molecule has 1 saturated heterocycles. The zero-order valence-electron chi connectivity index (χ0n) is 11.0. The largest absolute Gasteiger partial charge is 0.409 e. The summed E-state index contributed by atoms with van der Waals surface area (Å²) in [4.78, 5) is 16.3. The molecule has 6 nitrogen and oxygen atoms in total. The molecule has 3 N–H and O–H groups in total. The van der Waals surface area contributed by atoms with Crippen LogP contribution in [-0.4, -0.2) is 59.5 Å². The zero-order chi connectivity index (χ0) is 14.5. The van der Waals surface area contributed by atoms with Crippen molar-refractivity contribution in [3.05, 3.63) is 34.3 Å². The number of oxime groups is 1. The second-order valence-corrected chi connectivity index (χ2v) is 5.49. The van der Waals surface area contributed by atoms with Crippen molar-refractivity contribution in [1.29, 1.82) is 0 Å². The molecule has 0 atom stereocenters. The number of hydrogen-bond acceptors (Lipinski definition) is 4. The minimum absolute atomic E-state index is 0.0286. The summed E-state index contributed by atoms with van der Waals surface area (Å²) < 4.78 is 0.809. The van der Waals surface area contributed by atoms with Crippen molar-refractivity contribution >= 4 is 27.7 Å². The van der Waals surface area contributed by atoms with Crippen LogP contribution in [0.15, 0.2) is 33.9 Å². The number of amides is 1. The molecule has 0 saturated carbocycles. The van der Waals surface area contributed by atoms with E-state index in [9.17, 15) is 4.79 Å². The average molecular weight is 341 g/mol. The molecule has 1 aromatic carbocycles. The molecule has 1 aliphatic heterocycles. The number of rotatable bonds is 3. The molecular weight excluding hydrogens is 324 g/mol. The van der Waals surface area contributed by atoms with Crippen LogP contribution in [0.5, 0.6) is 0 Å². The Balaban J connectivity index is 1.94. The monoisotopic (exact) mass is 340 g/mol. The summed E-state index contributed by atoms with van der Waals surface area (Å²) in [7, 11) is 0. The highest BCUT2D eigenvalue weighted by atomic mass is 79.9. The number of hydrogen-bond donors (Lipinski definition) is 2. The van der Waals surface area contributed by atoms with E-state index in [2.05, 4.69) is 26.0 Å². The fourth-order valence-electron chi connectivity index (χ4n) is 2.17. The first-order valence-corrected chi connectivity index (χ1v) is 7.13. The number of nitrogens with zero attached hydrogens (tertiary/aromatic N) is 3. The standard InChI is InChI=1S/C13H17BrN4O2/c14-11-4-2-1-3-10(11)13(19)18-7-5-17(6-8-18)9-12(15)16-20/h1-4,20H,5-9H2,(H2,15,16). The van der Waals surface area contributed by atoms with E-state index >= 15 is 0 Å². The van der Waals surface area contributed by atoms with Crippen molar-refractivity contribution in [3.63, 3.8) is 0 Å². The first-order chi connectivity index (χ1) is 9.61. The summed E-state index contributed by atoms with van der Waals surface area (Å²) in [5.41, 5.74) is 6.16. The van der Waals surface area contributed by atoms with Crippen LogP contribution in [0, 0.1) is 0 Å². The maximum Gasteiger partial charge on any atom is 0.255 e. The van der Waals surface area contributed by atoms with Crippen LogP contribution >= 0.6 is 15.9 Å². The minimum atomic E-state index is 0.0286. The van der Waals surface area contributed by atoms with Gasteiger partial charge in [-0.2, -0.15) is 0 Å². The molecule has 1 aliphatic rings. The molecule has 0 unspecified atom stereocenters. The van der Waals surface area contributed by atoms with E-state index in [0.29, 0.717) is 38.3 Å². The highest BCUT2D eigenvalue weighted by Crippen LogP contribution is 2.18. The maximum atomic E-state index is 12.4. The van der Waals surface area contributed by atoms with Crippen molar-refractivity contribution in [1.82, 2.24) is 9.80 Å². The van der Waals surface area contributed by atoms with Gasteiger partial charge < -0.3 is 15.8 Å². The molecule has 1 aromatic rings. The maximum absolute atomic E-state index is 12.4. The summed E-state index contributed by atoms with van der Waals surface area (Å²) in [6, 6.07) is 7.42.